The van der Waals surface area contributed by atoms with E-state index >= 15 is 0 Å². The summed E-state index contributed by atoms with van der Waals surface area (Å²) in [7, 11) is 1.65. The molecular formula is C21H28O3. The highest BCUT2D eigenvalue weighted by atomic mass is 16.5. The molecule has 0 radical (unpaired) electrons. The van der Waals surface area contributed by atoms with Crippen molar-refractivity contribution in [3.8, 4) is 11.5 Å². The van der Waals surface area contributed by atoms with Gasteiger partial charge in [-0.2, -0.15) is 0 Å². The predicted molar refractivity (Wildman–Crippen MR) is 96.4 cm³/mol. The van der Waals surface area contributed by atoms with Crippen molar-refractivity contribution in [1.29, 1.82) is 0 Å². The van der Waals surface area contributed by atoms with Gasteiger partial charge in [0.05, 0.1) is 13.2 Å². The molecule has 3 heteroatoms. The van der Waals surface area contributed by atoms with E-state index in [2.05, 4.69) is 0 Å². The summed E-state index contributed by atoms with van der Waals surface area (Å²) in [6, 6.07) is 5.89. The van der Waals surface area contributed by atoms with Gasteiger partial charge >= 0.3 is 0 Å². The van der Waals surface area contributed by atoms with Crippen molar-refractivity contribution < 1.29 is 14.3 Å². The van der Waals surface area contributed by atoms with E-state index in [-0.39, 0.29) is 12.0 Å². The summed E-state index contributed by atoms with van der Waals surface area (Å²) in [4.78, 5) is 12.7. The van der Waals surface area contributed by atoms with Crippen molar-refractivity contribution in [3.63, 3.8) is 0 Å². The monoisotopic (exact) mass is 328 g/mol. The van der Waals surface area contributed by atoms with Gasteiger partial charge in [0.2, 0.25) is 0 Å². The van der Waals surface area contributed by atoms with Gasteiger partial charge in [0.15, 0.2) is 17.3 Å². The number of Topliss-reactive ketones (excluding diaryl/α,β-unsaturated/α-hetero) is 1. The number of rotatable bonds is 5. The minimum absolute atomic E-state index is 0.103. The zero-order valence-electron chi connectivity index (χ0n) is 15.0. The molecule has 2 saturated carbocycles. The van der Waals surface area contributed by atoms with Gasteiger partial charge in [-0.25, -0.2) is 0 Å². The van der Waals surface area contributed by atoms with Crippen LogP contribution in [0.3, 0.4) is 0 Å². The van der Waals surface area contributed by atoms with E-state index in [0.29, 0.717) is 11.7 Å². The van der Waals surface area contributed by atoms with E-state index in [0.717, 1.165) is 35.5 Å². The Labute approximate surface area is 145 Å². The number of carbonyl (C=O) groups is 1. The predicted octanol–water partition coefficient (Wildman–Crippen LogP) is 5.04. The van der Waals surface area contributed by atoms with Crippen LogP contribution in [0.2, 0.25) is 0 Å². The fraction of sp³-hybridized carbons (Fsp3) is 0.571. The summed E-state index contributed by atoms with van der Waals surface area (Å²) in [6.45, 7) is 3.99. The summed E-state index contributed by atoms with van der Waals surface area (Å²) in [5.74, 6) is 2.74. The molecule has 1 aromatic carbocycles. The second-order valence-electron chi connectivity index (χ2n) is 7.30. The minimum atomic E-state index is 0.103. The van der Waals surface area contributed by atoms with Crippen molar-refractivity contribution in [3.05, 3.63) is 29.3 Å². The van der Waals surface area contributed by atoms with Gasteiger partial charge in [-0.05, 0) is 74.8 Å². The van der Waals surface area contributed by atoms with Crippen LogP contribution in [-0.4, -0.2) is 19.0 Å². The molecule has 0 saturated heterocycles. The maximum absolute atomic E-state index is 12.7. The van der Waals surface area contributed by atoms with Crippen molar-refractivity contribution in [1.82, 2.24) is 0 Å². The van der Waals surface area contributed by atoms with Gasteiger partial charge < -0.3 is 9.47 Å². The Kier molecular flexibility index (Phi) is 5.27. The molecule has 0 bridgehead atoms. The van der Waals surface area contributed by atoms with Gasteiger partial charge in [-0.3, -0.25) is 4.79 Å². The lowest BCUT2D eigenvalue weighted by molar-refractivity contribution is -0.119. The minimum Gasteiger partial charge on any atom is -0.493 e. The van der Waals surface area contributed by atoms with Crippen LogP contribution in [0.15, 0.2) is 23.8 Å². The molecule has 0 aromatic heterocycles. The van der Waals surface area contributed by atoms with Crippen LogP contribution in [-0.2, 0) is 4.79 Å². The zero-order valence-corrected chi connectivity index (χ0v) is 15.0. The van der Waals surface area contributed by atoms with Crippen LogP contribution in [0, 0.1) is 11.8 Å². The normalized spacial score (nSPS) is 23.4. The van der Waals surface area contributed by atoms with Gasteiger partial charge in [0.1, 0.15) is 0 Å². The molecule has 0 heterocycles. The molecule has 24 heavy (non-hydrogen) atoms. The zero-order chi connectivity index (χ0) is 17.1. The fourth-order valence-corrected chi connectivity index (χ4v) is 4.08. The smallest absolute Gasteiger partial charge is 0.162 e. The first-order valence-electron chi connectivity index (χ1n) is 9.18. The van der Waals surface area contributed by atoms with Gasteiger partial charge in [-0.1, -0.05) is 18.9 Å². The molecule has 2 aliphatic rings. The topological polar surface area (TPSA) is 35.5 Å². The average molecular weight is 328 g/mol. The van der Waals surface area contributed by atoms with E-state index in [4.69, 9.17) is 9.47 Å². The molecule has 0 N–H and O–H groups in total. The Hall–Kier alpha value is -1.77. The summed E-state index contributed by atoms with van der Waals surface area (Å²) >= 11 is 0. The molecule has 0 aliphatic heterocycles. The van der Waals surface area contributed by atoms with Crippen molar-refractivity contribution in [2.45, 2.75) is 58.5 Å². The van der Waals surface area contributed by atoms with E-state index in [1.165, 1.54) is 25.7 Å². The molecular weight excluding hydrogens is 300 g/mol. The number of methoxy groups -OCH3 is 1. The summed E-state index contributed by atoms with van der Waals surface area (Å²) < 4.78 is 11.2. The number of hydrogen-bond acceptors (Lipinski definition) is 3. The number of benzene rings is 1. The van der Waals surface area contributed by atoms with Crippen LogP contribution < -0.4 is 9.47 Å². The SMILES string of the molecule is COc1cc(/C=C2\CC[C@@H](C3CCCC3)C2=O)ccc1OC(C)C. The molecule has 3 nitrogen and oxygen atoms in total. The Bertz CT molecular complexity index is 624. The highest BCUT2D eigenvalue weighted by Crippen LogP contribution is 2.41. The molecule has 130 valence electrons. The Morgan fingerprint density at radius 1 is 1.12 bits per heavy atom. The van der Waals surface area contributed by atoms with Gasteiger partial charge in [0.25, 0.3) is 0 Å². The van der Waals surface area contributed by atoms with E-state index in [1.54, 1.807) is 7.11 Å². The quantitative estimate of drug-likeness (QED) is 0.711. The third-order valence-electron chi connectivity index (χ3n) is 5.24. The van der Waals surface area contributed by atoms with Gasteiger partial charge in [0, 0.05) is 5.92 Å². The first-order chi connectivity index (χ1) is 11.6. The molecule has 2 fully saturated rings. The Morgan fingerprint density at radius 2 is 1.88 bits per heavy atom. The second kappa shape index (κ2) is 7.42. The lowest BCUT2D eigenvalue weighted by Crippen LogP contribution is -2.16. The second-order valence-corrected chi connectivity index (χ2v) is 7.30. The number of allylic oxidation sites excluding steroid dienone is 1. The first-order valence-corrected chi connectivity index (χ1v) is 9.18. The van der Waals surface area contributed by atoms with E-state index < -0.39 is 0 Å². The molecule has 2 aliphatic carbocycles. The number of carbonyl (C=O) groups excluding carboxylic acids is 1. The lowest BCUT2D eigenvalue weighted by atomic mass is 9.88. The molecule has 0 amide bonds. The fourth-order valence-electron chi connectivity index (χ4n) is 4.08. The highest BCUT2D eigenvalue weighted by Gasteiger charge is 2.36. The summed E-state index contributed by atoms with van der Waals surface area (Å²) in [5.41, 5.74) is 1.99. The van der Waals surface area contributed by atoms with Gasteiger partial charge in [-0.15, -0.1) is 0 Å². The first kappa shape index (κ1) is 17.1. The highest BCUT2D eigenvalue weighted by molar-refractivity contribution is 6.03. The summed E-state index contributed by atoms with van der Waals surface area (Å²) in [6.07, 6.45) is 9.14. The number of ketones is 1. The standard InChI is InChI=1S/C21H28O3/c1-14(2)24-19-11-8-15(13-20(19)23-3)12-17-9-10-18(21(17)22)16-6-4-5-7-16/h8,11-14,16,18H,4-7,9-10H2,1-3H3/b17-12+/t18-/m0/s1. The lowest BCUT2D eigenvalue weighted by Gasteiger charge is -2.15. The maximum atomic E-state index is 12.7. The van der Waals surface area contributed by atoms with Crippen LogP contribution >= 0.6 is 0 Å². The maximum Gasteiger partial charge on any atom is 0.162 e. The van der Waals surface area contributed by atoms with Crippen LogP contribution in [0.25, 0.3) is 6.08 Å². The Balaban J connectivity index is 1.77. The number of ether oxygens (including phenoxy) is 2. The van der Waals surface area contributed by atoms with Crippen molar-refractivity contribution in [2.24, 2.45) is 11.8 Å². The molecule has 3 rings (SSSR count). The van der Waals surface area contributed by atoms with E-state index in [9.17, 15) is 4.79 Å². The third-order valence-corrected chi connectivity index (χ3v) is 5.24. The molecule has 0 unspecified atom stereocenters. The molecule has 1 aromatic rings. The van der Waals surface area contributed by atoms with Crippen LogP contribution in [0.1, 0.15) is 57.9 Å². The molecule has 1 atom stereocenters. The van der Waals surface area contributed by atoms with E-state index in [1.807, 2.05) is 38.1 Å². The van der Waals surface area contributed by atoms with Crippen LogP contribution in [0.4, 0.5) is 0 Å². The third kappa shape index (κ3) is 3.66. The molecule has 0 spiro atoms. The van der Waals surface area contributed by atoms with Crippen molar-refractivity contribution in [2.75, 3.05) is 7.11 Å². The number of hydrogen-bond donors (Lipinski definition) is 0. The van der Waals surface area contributed by atoms with Crippen LogP contribution in [0.5, 0.6) is 11.5 Å². The Morgan fingerprint density at radius 3 is 2.54 bits per heavy atom. The van der Waals surface area contributed by atoms with Crippen molar-refractivity contribution >= 4 is 11.9 Å². The summed E-state index contributed by atoms with van der Waals surface area (Å²) in [5, 5.41) is 0. The average Bonchev–Trinajstić information content (AvgIpc) is 3.19. The largest absolute Gasteiger partial charge is 0.493 e.